The van der Waals surface area contributed by atoms with E-state index in [2.05, 4.69) is 14.2 Å². The molecule has 158 valence electrons. The van der Waals surface area contributed by atoms with E-state index < -0.39 is 0 Å². The third kappa shape index (κ3) is 5.91. The molecular weight excluding hydrogens is 475 g/mol. The predicted molar refractivity (Wildman–Crippen MR) is 123 cm³/mol. The van der Waals surface area contributed by atoms with Gasteiger partial charge in [0.2, 0.25) is 5.91 Å². The van der Waals surface area contributed by atoms with E-state index in [-0.39, 0.29) is 112 Å². The van der Waals surface area contributed by atoms with E-state index in [9.17, 15) is 9.59 Å². The third-order valence-corrected chi connectivity index (χ3v) is 5.91. The molecule has 0 bridgehead atoms. The van der Waals surface area contributed by atoms with Gasteiger partial charge in [-0.15, -0.1) is 9.24 Å². The number of carbonyl (C=O) groups is 2. The second-order valence-electron chi connectivity index (χ2n) is 7.40. The van der Waals surface area contributed by atoms with E-state index in [0.717, 1.165) is 45.4 Å². The van der Waals surface area contributed by atoms with Gasteiger partial charge in [0.25, 0.3) is 0 Å². The molecule has 1 amide bonds. The maximum atomic E-state index is 12.1. The van der Waals surface area contributed by atoms with Gasteiger partial charge in [-0.25, -0.2) is 4.98 Å². The average molecular weight is 502 g/mol. The van der Waals surface area contributed by atoms with Crippen molar-refractivity contribution in [3.63, 3.8) is 0 Å². The van der Waals surface area contributed by atoms with Crippen molar-refractivity contribution in [1.29, 1.82) is 0 Å². The van der Waals surface area contributed by atoms with Crippen molar-refractivity contribution >= 4 is 43.9 Å². The minimum Gasteiger partial charge on any atom is -1.00 e. The molecule has 1 aromatic carbocycles. The zero-order valence-corrected chi connectivity index (χ0v) is 26.5. The number of para-hydroxylation sites is 1. The average Bonchev–Trinajstić information content (AvgIpc) is 3.07. The summed E-state index contributed by atoms with van der Waals surface area (Å²) in [4.78, 5) is 31.7. The summed E-state index contributed by atoms with van der Waals surface area (Å²) in [5.74, 6) is 1.64. The molecule has 2 aromatic heterocycles. The van der Waals surface area contributed by atoms with Crippen LogP contribution >= 0.6 is 9.24 Å². The van der Waals surface area contributed by atoms with Crippen LogP contribution in [-0.2, 0) is 22.6 Å². The molecule has 9 heteroatoms. The summed E-state index contributed by atoms with van der Waals surface area (Å²) < 4.78 is 6.05. The van der Waals surface area contributed by atoms with Crippen LogP contribution in [0.4, 0.5) is 5.82 Å². The summed E-state index contributed by atoms with van der Waals surface area (Å²) in [7, 11) is 4.51. The van der Waals surface area contributed by atoms with Crippen LogP contribution in [0.15, 0.2) is 47.0 Å². The summed E-state index contributed by atoms with van der Waals surface area (Å²) in [6.45, 7) is 2.57. The van der Waals surface area contributed by atoms with Crippen LogP contribution in [-0.4, -0.2) is 35.4 Å². The molecule has 1 atom stereocenters. The summed E-state index contributed by atoms with van der Waals surface area (Å²) in [6.07, 6.45) is 5.69. The van der Waals surface area contributed by atoms with E-state index in [1.807, 2.05) is 49.2 Å². The van der Waals surface area contributed by atoms with Crippen molar-refractivity contribution in [3.05, 3.63) is 65.1 Å². The van der Waals surface area contributed by atoms with Gasteiger partial charge in [0.15, 0.2) is 0 Å². The van der Waals surface area contributed by atoms with Crippen molar-refractivity contribution in [3.8, 4) is 0 Å². The minimum atomic E-state index is 0. The first-order chi connectivity index (χ1) is 14.5. The van der Waals surface area contributed by atoms with Gasteiger partial charge in [0.05, 0.1) is 6.54 Å². The summed E-state index contributed by atoms with van der Waals surface area (Å²) in [6, 6.07) is 9.99. The first kappa shape index (κ1) is 28.5. The molecule has 0 saturated carbocycles. The fraction of sp³-hybridized carbons (Fsp3) is 0.261. The number of allylic oxidation sites excluding steroid dienone is 1. The van der Waals surface area contributed by atoms with Crippen LogP contribution in [0.3, 0.4) is 0 Å². The number of furan rings is 1. The summed E-state index contributed by atoms with van der Waals surface area (Å²) >= 11 is 0. The maximum absolute atomic E-state index is 12.1. The van der Waals surface area contributed by atoms with Crippen molar-refractivity contribution in [2.24, 2.45) is 0 Å². The molecule has 3 aromatic rings. The summed E-state index contributed by atoms with van der Waals surface area (Å²) in [5.41, 5.74) is 4.57. The Bertz CT molecular complexity index is 1170. The molecule has 1 unspecified atom stereocenters. The molecule has 0 radical (unpaired) electrons. The number of aryl methyl sites for hydroxylation is 2. The molecule has 1 aliphatic heterocycles. The zero-order chi connectivity index (χ0) is 21.3. The number of rotatable bonds is 6. The molecule has 0 spiro atoms. The number of hydrogen-bond donors (Lipinski definition) is 0. The van der Waals surface area contributed by atoms with Crippen molar-refractivity contribution in [2.75, 3.05) is 18.2 Å². The van der Waals surface area contributed by atoms with Crippen LogP contribution in [0.1, 0.15) is 31.7 Å². The molecule has 32 heavy (non-hydrogen) atoms. The number of nitrogens with zero attached hydrogens (tertiary/aromatic N) is 3. The van der Waals surface area contributed by atoms with Gasteiger partial charge >= 0.3 is 103 Å². The number of aldehydes is 1. The topological polar surface area (TPSA) is 66.7 Å². The SMILES string of the molecule is Cc1c(CN(C)/C(=C/C=O)c2cnc3c(c2)CCC(=O)N3CP)oc2ccccc12.[H-].[H-].[K+].[K+]. The van der Waals surface area contributed by atoms with Gasteiger partial charge in [-0.3, -0.25) is 14.5 Å². The normalized spacial score (nSPS) is 13.3. The number of aromatic nitrogens is 1. The number of pyridine rings is 1. The second-order valence-corrected chi connectivity index (χ2v) is 7.77. The van der Waals surface area contributed by atoms with E-state index in [0.29, 0.717) is 31.5 Å². The minimum absolute atomic E-state index is 0. The quantitative estimate of drug-likeness (QED) is 0.172. The largest absolute Gasteiger partial charge is 1.00 e. The van der Waals surface area contributed by atoms with Gasteiger partial charge < -0.3 is 12.2 Å². The van der Waals surface area contributed by atoms with E-state index in [1.165, 1.54) is 0 Å². The Hall–Kier alpha value is 0.293. The van der Waals surface area contributed by atoms with E-state index in [4.69, 9.17) is 4.42 Å². The molecular formula is C23H26K2N3O3P. The number of carbonyl (C=O) groups excluding carboxylic acids is 2. The molecule has 0 aliphatic carbocycles. The van der Waals surface area contributed by atoms with Gasteiger partial charge in [0, 0.05) is 54.2 Å². The molecule has 0 saturated heterocycles. The standard InChI is InChI=1S/C23H24N3O3P.2K.2H/c1-15-18-5-3-4-6-20(18)29-21(15)13-25(2)19(9-10-27)17-11-16-7-8-22(28)26(14-30)23(16)24-12-17;;;;/h3-6,9-12H,7-8,13-14,30H2,1-2H3;;;;/q;2*+1;2*-1/b19-9+;;;;. The van der Waals surface area contributed by atoms with Crippen molar-refractivity contribution in [1.82, 2.24) is 9.88 Å². The number of benzene rings is 1. The fourth-order valence-electron chi connectivity index (χ4n) is 3.94. The Morgan fingerprint density at radius 3 is 2.75 bits per heavy atom. The predicted octanol–water partition coefficient (Wildman–Crippen LogP) is -1.85. The third-order valence-electron chi connectivity index (χ3n) is 5.55. The van der Waals surface area contributed by atoms with E-state index >= 15 is 0 Å². The number of fused-ring (bicyclic) bond motifs is 2. The van der Waals surface area contributed by atoms with E-state index in [1.54, 1.807) is 17.2 Å². The maximum Gasteiger partial charge on any atom is 1.00 e. The Morgan fingerprint density at radius 1 is 1.31 bits per heavy atom. The monoisotopic (exact) mass is 501 g/mol. The van der Waals surface area contributed by atoms with Crippen LogP contribution in [0.2, 0.25) is 0 Å². The van der Waals surface area contributed by atoms with Crippen molar-refractivity contribution < 1.29 is 120 Å². The van der Waals surface area contributed by atoms with Gasteiger partial charge in [-0.2, -0.15) is 0 Å². The number of hydrogen-bond acceptors (Lipinski definition) is 5. The first-order valence-corrected chi connectivity index (χ1v) is 10.7. The summed E-state index contributed by atoms with van der Waals surface area (Å²) in [5, 5.41) is 1.10. The smallest absolute Gasteiger partial charge is 1.00 e. The Kier molecular flexibility index (Phi) is 11.4. The van der Waals surface area contributed by atoms with Crippen LogP contribution in [0.25, 0.3) is 16.7 Å². The van der Waals surface area contributed by atoms with Crippen LogP contribution in [0.5, 0.6) is 0 Å². The van der Waals surface area contributed by atoms with Gasteiger partial charge in [0.1, 0.15) is 23.4 Å². The molecule has 6 nitrogen and oxygen atoms in total. The number of anilines is 1. The molecule has 4 rings (SSSR count). The Morgan fingerprint density at radius 2 is 2.06 bits per heavy atom. The molecule has 0 N–H and O–H groups in total. The molecule has 1 aliphatic rings. The van der Waals surface area contributed by atoms with Crippen molar-refractivity contribution in [2.45, 2.75) is 26.3 Å². The first-order valence-electron chi connectivity index (χ1n) is 9.86. The van der Waals surface area contributed by atoms with Gasteiger partial charge in [-0.05, 0) is 31.0 Å². The fourth-order valence-corrected chi connectivity index (χ4v) is 4.31. The molecule has 0 fully saturated rings. The zero-order valence-electron chi connectivity index (χ0n) is 21.1. The Labute approximate surface area is 278 Å². The van der Waals surface area contributed by atoms with Crippen LogP contribution in [0, 0.1) is 6.92 Å². The Balaban J connectivity index is 0.00000272. The molecule has 3 heterocycles. The number of amides is 1. The second kappa shape index (κ2) is 12.8. The van der Waals surface area contributed by atoms with Crippen LogP contribution < -0.4 is 108 Å². The van der Waals surface area contributed by atoms with Gasteiger partial charge in [-0.1, -0.05) is 18.2 Å².